The number of hydrogen-bond donors (Lipinski definition) is 1. The van der Waals surface area contributed by atoms with E-state index in [2.05, 4.69) is 17.0 Å². The molecule has 0 aromatic heterocycles. The van der Waals surface area contributed by atoms with Gasteiger partial charge in [-0.3, -0.25) is 9.79 Å². The first kappa shape index (κ1) is 12.0. The molecule has 0 spiro atoms. The number of carbonyl (C=O) groups excluding carboxylic acids is 1. The fourth-order valence-electron chi connectivity index (χ4n) is 1.19. The lowest BCUT2D eigenvalue weighted by Gasteiger charge is -2.11. The van der Waals surface area contributed by atoms with E-state index >= 15 is 0 Å². The standard InChI is InChI=1S/C10H10Cl2N2O/c1-6(15)14-9-7(5-11)3-4-8(12)10(9)13-2/h3-4H,2,5H2,1H3,(H,14,15). The average Bonchev–Trinajstić information content (AvgIpc) is 2.18. The van der Waals surface area contributed by atoms with Gasteiger partial charge in [0.05, 0.1) is 10.7 Å². The number of halogens is 2. The van der Waals surface area contributed by atoms with Crippen molar-refractivity contribution < 1.29 is 4.79 Å². The minimum absolute atomic E-state index is 0.200. The molecule has 0 fully saturated rings. The molecule has 0 unspecified atom stereocenters. The van der Waals surface area contributed by atoms with Crippen LogP contribution in [0.2, 0.25) is 5.02 Å². The lowest BCUT2D eigenvalue weighted by Crippen LogP contribution is -2.08. The molecule has 0 aliphatic rings. The molecule has 15 heavy (non-hydrogen) atoms. The highest BCUT2D eigenvalue weighted by molar-refractivity contribution is 6.34. The number of rotatable bonds is 3. The van der Waals surface area contributed by atoms with Crippen molar-refractivity contribution in [3.8, 4) is 0 Å². The SMILES string of the molecule is C=Nc1c(Cl)ccc(CCl)c1NC(C)=O. The predicted molar refractivity (Wildman–Crippen MR) is 64.5 cm³/mol. The van der Waals surface area contributed by atoms with Crippen molar-refractivity contribution in [3.05, 3.63) is 22.7 Å². The van der Waals surface area contributed by atoms with Crippen LogP contribution in [0.1, 0.15) is 12.5 Å². The number of amides is 1. The van der Waals surface area contributed by atoms with Crippen molar-refractivity contribution >= 4 is 47.2 Å². The molecule has 0 aliphatic heterocycles. The molecule has 1 rings (SSSR count). The summed E-state index contributed by atoms with van der Waals surface area (Å²) in [7, 11) is 0. The maximum Gasteiger partial charge on any atom is 0.221 e. The first-order valence-corrected chi connectivity index (χ1v) is 5.13. The predicted octanol–water partition coefficient (Wildman–Crippen LogP) is 3.37. The maximum absolute atomic E-state index is 11.0. The van der Waals surface area contributed by atoms with Gasteiger partial charge in [0, 0.05) is 12.8 Å². The Hall–Kier alpha value is -1.06. The summed E-state index contributed by atoms with van der Waals surface area (Å²) in [4.78, 5) is 14.8. The van der Waals surface area contributed by atoms with Gasteiger partial charge in [0.25, 0.3) is 0 Å². The lowest BCUT2D eigenvalue weighted by atomic mass is 10.1. The first-order chi connectivity index (χ1) is 7.10. The molecule has 1 aromatic carbocycles. The summed E-state index contributed by atoms with van der Waals surface area (Å²) in [5, 5.41) is 3.08. The Morgan fingerprint density at radius 2 is 2.27 bits per heavy atom. The minimum Gasteiger partial charge on any atom is -0.324 e. The number of nitrogens with zero attached hydrogens (tertiary/aromatic N) is 1. The number of anilines is 1. The number of benzene rings is 1. The topological polar surface area (TPSA) is 41.5 Å². The summed E-state index contributed by atoms with van der Waals surface area (Å²) < 4.78 is 0. The number of alkyl halides is 1. The maximum atomic E-state index is 11.0. The molecule has 5 heteroatoms. The molecule has 1 N–H and O–H groups in total. The summed E-state index contributed by atoms with van der Waals surface area (Å²) >= 11 is 11.7. The van der Waals surface area contributed by atoms with E-state index in [0.29, 0.717) is 16.4 Å². The summed E-state index contributed by atoms with van der Waals surface area (Å²) in [6.45, 7) is 4.81. The molecule has 0 radical (unpaired) electrons. The zero-order valence-electron chi connectivity index (χ0n) is 8.18. The normalized spacial score (nSPS) is 9.80. The van der Waals surface area contributed by atoms with Crippen LogP contribution in [-0.2, 0) is 10.7 Å². The molecule has 0 heterocycles. The van der Waals surface area contributed by atoms with Gasteiger partial charge < -0.3 is 5.32 Å². The number of carbonyl (C=O) groups is 1. The number of nitrogens with one attached hydrogen (secondary N) is 1. The molecule has 0 aliphatic carbocycles. The zero-order chi connectivity index (χ0) is 11.4. The van der Waals surface area contributed by atoms with Crippen molar-refractivity contribution in [3.63, 3.8) is 0 Å². The van der Waals surface area contributed by atoms with Crippen LogP contribution in [0, 0.1) is 0 Å². The van der Waals surface area contributed by atoms with Gasteiger partial charge in [-0.25, -0.2) is 0 Å². The van der Waals surface area contributed by atoms with E-state index in [9.17, 15) is 4.79 Å². The average molecular weight is 245 g/mol. The van der Waals surface area contributed by atoms with E-state index in [0.717, 1.165) is 5.56 Å². The molecular formula is C10H10Cl2N2O. The van der Waals surface area contributed by atoms with E-state index in [4.69, 9.17) is 23.2 Å². The highest BCUT2D eigenvalue weighted by Crippen LogP contribution is 2.36. The van der Waals surface area contributed by atoms with Gasteiger partial charge in [-0.05, 0) is 18.3 Å². The van der Waals surface area contributed by atoms with E-state index in [-0.39, 0.29) is 11.8 Å². The molecular weight excluding hydrogens is 235 g/mol. The summed E-state index contributed by atoms with van der Waals surface area (Å²) in [5.74, 6) is 0.0727. The number of aliphatic imine (C=N–C) groups is 1. The Labute approximate surface area is 98.1 Å². The van der Waals surface area contributed by atoms with Crippen molar-refractivity contribution in [2.75, 3.05) is 5.32 Å². The van der Waals surface area contributed by atoms with Crippen LogP contribution in [0.25, 0.3) is 0 Å². The molecule has 1 amide bonds. The summed E-state index contributed by atoms with van der Waals surface area (Å²) in [5.41, 5.74) is 1.74. The third-order valence-electron chi connectivity index (χ3n) is 1.82. The van der Waals surface area contributed by atoms with Crippen LogP contribution < -0.4 is 5.32 Å². The summed E-state index contributed by atoms with van der Waals surface area (Å²) in [6, 6.07) is 3.42. The fraction of sp³-hybridized carbons (Fsp3) is 0.200. The molecule has 0 bridgehead atoms. The fourth-order valence-corrected chi connectivity index (χ4v) is 1.63. The lowest BCUT2D eigenvalue weighted by molar-refractivity contribution is -0.114. The molecule has 1 aromatic rings. The Bertz CT molecular complexity index is 405. The van der Waals surface area contributed by atoms with E-state index in [1.54, 1.807) is 12.1 Å². The number of hydrogen-bond acceptors (Lipinski definition) is 2. The van der Waals surface area contributed by atoms with Gasteiger partial charge in [0.15, 0.2) is 0 Å². The van der Waals surface area contributed by atoms with Gasteiger partial charge in [-0.15, -0.1) is 11.6 Å². The van der Waals surface area contributed by atoms with Gasteiger partial charge in [0.1, 0.15) is 5.69 Å². The second-order valence-corrected chi connectivity index (χ2v) is 3.58. The van der Waals surface area contributed by atoms with Gasteiger partial charge in [0.2, 0.25) is 5.91 Å². The Morgan fingerprint density at radius 1 is 1.60 bits per heavy atom. The third-order valence-corrected chi connectivity index (χ3v) is 2.41. The third kappa shape index (κ3) is 2.70. The quantitative estimate of drug-likeness (QED) is 0.643. The highest BCUT2D eigenvalue weighted by atomic mass is 35.5. The van der Waals surface area contributed by atoms with Crippen molar-refractivity contribution in [1.82, 2.24) is 0 Å². The summed E-state index contributed by atoms with van der Waals surface area (Å²) in [6.07, 6.45) is 0. The van der Waals surface area contributed by atoms with Crippen LogP contribution in [0.4, 0.5) is 11.4 Å². The van der Waals surface area contributed by atoms with Gasteiger partial charge in [-0.1, -0.05) is 17.7 Å². The van der Waals surface area contributed by atoms with Gasteiger partial charge >= 0.3 is 0 Å². The van der Waals surface area contributed by atoms with Crippen LogP contribution in [0.3, 0.4) is 0 Å². The Morgan fingerprint density at radius 3 is 2.73 bits per heavy atom. The molecule has 0 atom stereocenters. The van der Waals surface area contributed by atoms with Crippen LogP contribution in [0.15, 0.2) is 17.1 Å². The van der Waals surface area contributed by atoms with Crippen LogP contribution >= 0.6 is 23.2 Å². The van der Waals surface area contributed by atoms with Crippen molar-refractivity contribution in [2.24, 2.45) is 4.99 Å². The minimum atomic E-state index is -0.200. The monoisotopic (exact) mass is 244 g/mol. The van der Waals surface area contributed by atoms with Crippen LogP contribution in [-0.4, -0.2) is 12.6 Å². The van der Waals surface area contributed by atoms with E-state index < -0.39 is 0 Å². The van der Waals surface area contributed by atoms with Gasteiger partial charge in [-0.2, -0.15) is 0 Å². The molecule has 0 saturated heterocycles. The van der Waals surface area contributed by atoms with E-state index in [1.165, 1.54) is 6.92 Å². The Balaban J connectivity index is 3.33. The molecule has 3 nitrogen and oxygen atoms in total. The van der Waals surface area contributed by atoms with Crippen LogP contribution in [0.5, 0.6) is 0 Å². The Kier molecular flexibility index (Phi) is 4.12. The first-order valence-electron chi connectivity index (χ1n) is 4.21. The molecule has 80 valence electrons. The second-order valence-electron chi connectivity index (χ2n) is 2.90. The van der Waals surface area contributed by atoms with E-state index in [1.807, 2.05) is 0 Å². The van der Waals surface area contributed by atoms with Crippen molar-refractivity contribution in [1.29, 1.82) is 0 Å². The largest absolute Gasteiger partial charge is 0.324 e. The van der Waals surface area contributed by atoms with Crippen molar-refractivity contribution in [2.45, 2.75) is 12.8 Å². The smallest absolute Gasteiger partial charge is 0.221 e. The highest BCUT2D eigenvalue weighted by Gasteiger charge is 2.11. The zero-order valence-corrected chi connectivity index (χ0v) is 9.69. The second kappa shape index (κ2) is 5.14. The molecule has 0 saturated carbocycles.